The summed E-state index contributed by atoms with van der Waals surface area (Å²) in [7, 11) is 0. The molecule has 2 N–H and O–H groups in total. The summed E-state index contributed by atoms with van der Waals surface area (Å²) < 4.78 is 0. The van der Waals surface area contributed by atoms with Crippen LogP contribution in [-0.2, 0) is 0 Å². The van der Waals surface area contributed by atoms with Crippen LogP contribution in [0.4, 0.5) is 0 Å². The molecule has 0 aliphatic heterocycles. The first-order valence-corrected chi connectivity index (χ1v) is 3.78. The predicted octanol–water partition coefficient (Wildman–Crippen LogP) is 2.00. The Bertz CT molecular complexity index is 89.3. The second-order valence-corrected chi connectivity index (χ2v) is 2.38. The number of unbranched alkanes of at least 4 members (excludes halogenated alkanes) is 1. The molecular weight excluding hydrogens is 128 g/mol. The van der Waals surface area contributed by atoms with Crippen LogP contribution in [0.15, 0.2) is 12.3 Å². The van der Waals surface area contributed by atoms with Crippen molar-refractivity contribution in [3.05, 3.63) is 12.3 Å². The average molecular weight is 144 g/mol. The van der Waals surface area contributed by atoms with Gasteiger partial charge in [-0.25, -0.2) is 0 Å². The van der Waals surface area contributed by atoms with Gasteiger partial charge in [-0.15, -0.1) is 0 Å². The van der Waals surface area contributed by atoms with Crippen LogP contribution in [0.2, 0.25) is 0 Å². The van der Waals surface area contributed by atoms with E-state index in [9.17, 15) is 0 Å². The van der Waals surface area contributed by atoms with Gasteiger partial charge in [0, 0.05) is 0 Å². The lowest BCUT2D eigenvalue weighted by molar-refractivity contribution is 0.158. The Morgan fingerprint density at radius 2 is 2.20 bits per heavy atom. The van der Waals surface area contributed by atoms with E-state index in [0.717, 1.165) is 31.9 Å². The van der Waals surface area contributed by atoms with Crippen LogP contribution >= 0.6 is 0 Å². The fourth-order valence-electron chi connectivity index (χ4n) is 0.750. The lowest BCUT2D eigenvalue weighted by Gasteiger charge is -2.04. The number of allylic oxidation sites excluding steroid dienone is 1. The second kappa shape index (κ2) is 6.62. The van der Waals surface area contributed by atoms with Crippen molar-refractivity contribution in [2.24, 2.45) is 0 Å². The Balaban J connectivity index is 3.03. The normalized spacial score (nSPS) is 14.2. The highest BCUT2D eigenvalue weighted by atomic mass is 16.3. The van der Waals surface area contributed by atoms with Gasteiger partial charge in [-0.05, 0) is 25.7 Å². The van der Waals surface area contributed by atoms with Crippen molar-refractivity contribution >= 4 is 0 Å². The first-order valence-electron chi connectivity index (χ1n) is 3.78. The molecule has 0 amide bonds. The Hall–Kier alpha value is -0.500. The largest absolute Gasteiger partial charge is 0.516 e. The van der Waals surface area contributed by atoms with Gasteiger partial charge in [-0.1, -0.05) is 13.0 Å². The van der Waals surface area contributed by atoms with Crippen LogP contribution in [0.1, 0.15) is 32.6 Å². The van der Waals surface area contributed by atoms with Crippen LogP contribution in [0.5, 0.6) is 0 Å². The first-order chi connectivity index (χ1) is 4.81. The third kappa shape index (κ3) is 5.63. The monoisotopic (exact) mass is 144 g/mol. The Morgan fingerprint density at radius 1 is 1.50 bits per heavy atom. The summed E-state index contributed by atoms with van der Waals surface area (Å²) in [5.41, 5.74) is 0. The van der Waals surface area contributed by atoms with E-state index in [-0.39, 0.29) is 6.10 Å². The zero-order chi connectivity index (χ0) is 7.82. The molecule has 0 spiro atoms. The smallest absolute Gasteiger partial charge is 0.0751 e. The van der Waals surface area contributed by atoms with E-state index < -0.39 is 0 Å². The molecule has 0 aliphatic carbocycles. The van der Waals surface area contributed by atoms with Crippen molar-refractivity contribution in [1.82, 2.24) is 0 Å². The topological polar surface area (TPSA) is 40.5 Å². The van der Waals surface area contributed by atoms with Gasteiger partial charge in [0.1, 0.15) is 0 Å². The van der Waals surface area contributed by atoms with Crippen molar-refractivity contribution < 1.29 is 10.2 Å². The van der Waals surface area contributed by atoms with Crippen molar-refractivity contribution in [2.45, 2.75) is 38.7 Å². The number of hydrogen-bond donors (Lipinski definition) is 2. The fourth-order valence-corrected chi connectivity index (χ4v) is 0.750. The molecule has 2 nitrogen and oxygen atoms in total. The van der Waals surface area contributed by atoms with Gasteiger partial charge in [0.2, 0.25) is 0 Å². The minimum atomic E-state index is -0.160. The standard InChI is InChI=1S/C8H16O2/c1-2-8(10)6-4-3-5-7-9/h5,7-10H,2-4,6H2,1H3/b7-5+. The molecule has 60 valence electrons. The summed E-state index contributed by atoms with van der Waals surface area (Å²) >= 11 is 0. The van der Waals surface area contributed by atoms with Gasteiger partial charge < -0.3 is 10.2 Å². The SMILES string of the molecule is CCC(O)CCC/C=C/O. The second-order valence-electron chi connectivity index (χ2n) is 2.38. The Labute approximate surface area is 62.2 Å². The van der Waals surface area contributed by atoms with E-state index in [1.165, 1.54) is 0 Å². The van der Waals surface area contributed by atoms with Crippen molar-refractivity contribution in [3.8, 4) is 0 Å². The summed E-state index contributed by atoms with van der Waals surface area (Å²) in [5, 5.41) is 17.3. The number of hydrogen-bond acceptors (Lipinski definition) is 2. The van der Waals surface area contributed by atoms with E-state index >= 15 is 0 Å². The average Bonchev–Trinajstić information content (AvgIpc) is 1.98. The molecule has 0 heterocycles. The minimum Gasteiger partial charge on any atom is -0.516 e. The summed E-state index contributed by atoms with van der Waals surface area (Å²) in [5.74, 6) is 0. The van der Waals surface area contributed by atoms with Crippen molar-refractivity contribution in [1.29, 1.82) is 0 Å². The van der Waals surface area contributed by atoms with Crippen molar-refractivity contribution in [2.75, 3.05) is 0 Å². The summed E-state index contributed by atoms with van der Waals surface area (Å²) in [6, 6.07) is 0. The maximum absolute atomic E-state index is 9.07. The minimum absolute atomic E-state index is 0.160. The molecule has 0 aromatic carbocycles. The van der Waals surface area contributed by atoms with Crippen LogP contribution in [0.25, 0.3) is 0 Å². The lowest BCUT2D eigenvalue weighted by atomic mass is 10.1. The lowest BCUT2D eigenvalue weighted by Crippen LogP contribution is -2.02. The van der Waals surface area contributed by atoms with Crippen molar-refractivity contribution in [3.63, 3.8) is 0 Å². The van der Waals surface area contributed by atoms with Gasteiger partial charge in [0.15, 0.2) is 0 Å². The van der Waals surface area contributed by atoms with Gasteiger partial charge in [-0.3, -0.25) is 0 Å². The van der Waals surface area contributed by atoms with Crippen LogP contribution in [-0.4, -0.2) is 16.3 Å². The number of aliphatic hydroxyl groups excluding tert-OH is 2. The van der Waals surface area contributed by atoms with E-state index in [1.54, 1.807) is 6.08 Å². The first kappa shape index (κ1) is 9.50. The van der Waals surface area contributed by atoms with Gasteiger partial charge in [-0.2, -0.15) is 0 Å². The molecule has 0 aliphatic rings. The molecule has 0 saturated carbocycles. The van der Waals surface area contributed by atoms with E-state index in [0.29, 0.717) is 0 Å². The summed E-state index contributed by atoms with van der Waals surface area (Å²) in [4.78, 5) is 0. The van der Waals surface area contributed by atoms with E-state index in [1.807, 2.05) is 6.92 Å². The molecule has 2 heteroatoms. The summed E-state index contributed by atoms with van der Waals surface area (Å²) in [6.07, 6.45) is 6.05. The molecular formula is C8H16O2. The van der Waals surface area contributed by atoms with Crippen LogP contribution in [0, 0.1) is 0 Å². The van der Waals surface area contributed by atoms with Gasteiger partial charge in [0.25, 0.3) is 0 Å². The molecule has 0 radical (unpaired) electrons. The van der Waals surface area contributed by atoms with E-state index in [2.05, 4.69) is 0 Å². The highest BCUT2D eigenvalue weighted by Crippen LogP contribution is 2.03. The number of aliphatic hydroxyl groups is 2. The third-order valence-corrected chi connectivity index (χ3v) is 1.48. The highest BCUT2D eigenvalue weighted by Gasteiger charge is 1.97. The molecule has 0 aromatic heterocycles. The number of rotatable bonds is 5. The molecule has 0 rings (SSSR count). The highest BCUT2D eigenvalue weighted by molar-refractivity contribution is 4.71. The Kier molecular flexibility index (Phi) is 6.29. The molecule has 0 saturated heterocycles. The fraction of sp³-hybridized carbons (Fsp3) is 0.750. The summed E-state index contributed by atoms with van der Waals surface area (Å²) in [6.45, 7) is 1.96. The van der Waals surface area contributed by atoms with Crippen LogP contribution in [0.3, 0.4) is 0 Å². The zero-order valence-corrected chi connectivity index (χ0v) is 6.45. The quantitative estimate of drug-likeness (QED) is 0.457. The van der Waals surface area contributed by atoms with Gasteiger partial charge >= 0.3 is 0 Å². The van der Waals surface area contributed by atoms with E-state index in [4.69, 9.17) is 10.2 Å². The molecule has 0 fully saturated rings. The molecule has 1 unspecified atom stereocenters. The zero-order valence-electron chi connectivity index (χ0n) is 6.45. The Morgan fingerprint density at radius 3 is 2.70 bits per heavy atom. The van der Waals surface area contributed by atoms with Gasteiger partial charge in [0.05, 0.1) is 12.4 Å². The molecule has 1 atom stereocenters. The third-order valence-electron chi connectivity index (χ3n) is 1.48. The molecule has 0 aromatic rings. The molecule has 0 bridgehead atoms. The maximum atomic E-state index is 9.07. The predicted molar refractivity (Wildman–Crippen MR) is 41.9 cm³/mol. The maximum Gasteiger partial charge on any atom is 0.0751 e. The van der Waals surface area contributed by atoms with Crippen LogP contribution < -0.4 is 0 Å². The molecule has 10 heavy (non-hydrogen) atoms.